The largest absolute Gasteiger partial charge is 1.00 e. The van der Waals surface area contributed by atoms with Crippen molar-refractivity contribution in [3.8, 4) is 17.2 Å². The van der Waals surface area contributed by atoms with Crippen LogP contribution in [0.2, 0.25) is 0 Å². The quantitative estimate of drug-likeness (QED) is 0.119. The molecule has 0 amide bonds. The van der Waals surface area contributed by atoms with Crippen LogP contribution in [0.4, 0.5) is 34.1 Å². The zero-order valence-electron chi connectivity index (χ0n) is 24.5. The molecule has 0 heterocycles. The van der Waals surface area contributed by atoms with Gasteiger partial charge in [0, 0.05) is 17.5 Å². The van der Waals surface area contributed by atoms with Crippen molar-refractivity contribution >= 4 is 65.1 Å². The Labute approximate surface area is 311 Å². The van der Waals surface area contributed by atoms with Crippen LogP contribution in [0.5, 0.6) is 17.2 Å². The average molecular weight is 693 g/mol. The molecule has 0 aromatic heterocycles. The number of aromatic hydroxyl groups is 3. The molecule has 0 atom stereocenters. The summed E-state index contributed by atoms with van der Waals surface area (Å²) in [6.45, 7) is 0. The van der Waals surface area contributed by atoms with Crippen molar-refractivity contribution in [2.24, 2.45) is 30.7 Å². The first-order chi connectivity index (χ1) is 21.3. The van der Waals surface area contributed by atoms with E-state index in [1.54, 1.807) is 24.3 Å². The monoisotopic (exact) mass is 692 g/mol. The number of benzene rings is 5. The molecule has 0 aliphatic carbocycles. The van der Waals surface area contributed by atoms with Crippen LogP contribution in [-0.2, 0) is 20.2 Å². The Morgan fingerprint density at radius 3 is 1.36 bits per heavy atom. The van der Waals surface area contributed by atoms with Crippen molar-refractivity contribution in [3.05, 3.63) is 91.0 Å². The topological polar surface area (TPSA) is 249 Å². The number of phenolic OH excluding ortho intramolecular Hbond substituents is 3. The van der Waals surface area contributed by atoms with Gasteiger partial charge in [0.25, 0.3) is 0 Å². The van der Waals surface area contributed by atoms with Gasteiger partial charge in [0.15, 0.2) is 0 Å². The molecule has 0 fully saturated rings. The molecule has 5 aromatic rings. The van der Waals surface area contributed by atoms with E-state index in [1.807, 2.05) is 0 Å². The van der Waals surface area contributed by atoms with Gasteiger partial charge in [-0.2, -0.15) is 20.5 Å². The summed E-state index contributed by atoms with van der Waals surface area (Å²) in [5, 5.41) is 55.0. The van der Waals surface area contributed by atoms with Crippen LogP contribution < -0.4 is 59.1 Å². The molecule has 15 nitrogen and oxygen atoms in total. The number of hydrogen-bond donors (Lipinski definition) is 3. The summed E-state index contributed by atoms with van der Waals surface area (Å²) >= 11 is 0. The van der Waals surface area contributed by atoms with E-state index in [-0.39, 0.29) is 91.8 Å². The zero-order valence-corrected chi connectivity index (χ0v) is 30.1. The summed E-state index contributed by atoms with van der Waals surface area (Å²) in [5.74, 6) is -1.23. The molecule has 0 radical (unpaired) electrons. The van der Waals surface area contributed by atoms with Gasteiger partial charge in [0.05, 0.1) is 32.5 Å². The standard InChI is InChI=1S/C28H20N6O9S2.2Na/c35-26-13-22(45(41,42)43)12-16-11-20(7-10-23(16)26)32-34-25-14-24(27(36)15-28(25)37)33-31-18-3-1-17(2-4-18)29-30-19-5-8-21(9-6-19)44(38,39)40;;/h1-15,35-37H,(H,38,39,40)(H,41,42,43);;/q;2*+1/p-2. The number of hydrogen-bond acceptors (Lipinski definition) is 15. The molecule has 19 heteroatoms. The molecule has 0 aliphatic heterocycles. The first kappa shape index (κ1) is 37.8. The third-order valence-electron chi connectivity index (χ3n) is 6.05. The van der Waals surface area contributed by atoms with E-state index in [9.17, 15) is 41.3 Å². The van der Waals surface area contributed by atoms with Crippen molar-refractivity contribution in [1.29, 1.82) is 0 Å². The fraction of sp³-hybridized carbons (Fsp3) is 0. The Morgan fingerprint density at radius 2 is 0.872 bits per heavy atom. The van der Waals surface area contributed by atoms with Crippen LogP contribution in [0.1, 0.15) is 0 Å². The van der Waals surface area contributed by atoms with Gasteiger partial charge < -0.3 is 24.4 Å². The number of fused-ring (bicyclic) bond motifs is 1. The molecule has 3 N–H and O–H groups in total. The van der Waals surface area contributed by atoms with Crippen molar-refractivity contribution in [1.82, 2.24) is 0 Å². The van der Waals surface area contributed by atoms with Gasteiger partial charge in [-0.3, -0.25) is 0 Å². The third-order valence-corrected chi connectivity index (χ3v) is 7.71. The van der Waals surface area contributed by atoms with Crippen molar-refractivity contribution in [2.45, 2.75) is 9.79 Å². The van der Waals surface area contributed by atoms with Gasteiger partial charge >= 0.3 is 59.1 Å². The molecule has 0 saturated heterocycles. The Bertz CT molecular complexity index is 2250. The molecule has 5 aromatic carbocycles. The normalized spacial score (nSPS) is 12.0. The molecule has 228 valence electrons. The van der Waals surface area contributed by atoms with Gasteiger partial charge in [0.1, 0.15) is 48.9 Å². The predicted molar refractivity (Wildman–Crippen MR) is 157 cm³/mol. The van der Waals surface area contributed by atoms with E-state index in [2.05, 4.69) is 30.7 Å². The molecular formula is C28H18N6Na2O9S2. The minimum Gasteiger partial charge on any atom is -0.744 e. The van der Waals surface area contributed by atoms with E-state index in [4.69, 9.17) is 0 Å². The maximum atomic E-state index is 11.4. The maximum absolute atomic E-state index is 11.4. The number of azo groups is 3. The predicted octanol–water partition coefficient (Wildman–Crippen LogP) is 1.02. The summed E-state index contributed by atoms with van der Waals surface area (Å²) in [6.07, 6.45) is 0. The number of phenols is 3. The molecule has 0 aliphatic rings. The second kappa shape index (κ2) is 15.5. The van der Waals surface area contributed by atoms with Gasteiger partial charge in [-0.05, 0) is 84.2 Å². The van der Waals surface area contributed by atoms with Crippen LogP contribution in [0.15, 0.2) is 131 Å². The van der Waals surface area contributed by atoms with E-state index < -0.39 is 42.4 Å². The van der Waals surface area contributed by atoms with Crippen molar-refractivity contribution < 1.29 is 100 Å². The molecule has 47 heavy (non-hydrogen) atoms. The van der Waals surface area contributed by atoms with Crippen LogP contribution in [0, 0.1) is 0 Å². The first-order valence-electron chi connectivity index (χ1n) is 12.5. The molecule has 0 unspecified atom stereocenters. The first-order valence-corrected chi connectivity index (χ1v) is 15.3. The maximum Gasteiger partial charge on any atom is 1.00 e. The fourth-order valence-electron chi connectivity index (χ4n) is 3.84. The second-order valence-corrected chi connectivity index (χ2v) is 12.0. The molecule has 0 saturated carbocycles. The molecule has 0 bridgehead atoms. The molecular weight excluding hydrogens is 674 g/mol. The van der Waals surface area contributed by atoms with Crippen LogP contribution in [0.3, 0.4) is 0 Å². The van der Waals surface area contributed by atoms with Gasteiger partial charge in [-0.15, -0.1) is 10.2 Å². The average Bonchev–Trinajstić information content (AvgIpc) is 2.99. The van der Waals surface area contributed by atoms with Crippen LogP contribution in [-0.4, -0.2) is 41.3 Å². The molecule has 0 spiro atoms. The Morgan fingerprint density at radius 1 is 0.447 bits per heavy atom. The third kappa shape index (κ3) is 9.71. The summed E-state index contributed by atoms with van der Waals surface area (Å²) in [7, 11) is -9.38. The van der Waals surface area contributed by atoms with Crippen molar-refractivity contribution in [3.63, 3.8) is 0 Å². The van der Waals surface area contributed by atoms with Crippen LogP contribution in [0.25, 0.3) is 10.8 Å². The van der Waals surface area contributed by atoms with Gasteiger partial charge in [-0.1, -0.05) is 0 Å². The zero-order chi connectivity index (χ0) is 32.4. The van der Waals surface area contributed by atoms with Crippen LogP contribution >= 0.6 is 0 Å². The summed E-state index contributed by atoms with van der Waals surface area (Å²) in [4.78, 5) is -0.994. The minimum absolute atomic E-state index is 0. The number of rotatable bonds is 8. The van der Waals surface area contributed by atoms with E-state index in [0.29, 0.717) is 17.1 Å². The second-order valence-electron chi connectivity index (χ2n) is 9.20. The Hall–Kier alpha value is -3.62. The smallest absolute Gasteiger partial charge is 0.744 e. The molecule has 5 rings (SSSR count). The Kier molecular flexibility index (Phi) is 12.5. The fourth-order valence-corrected chi connectivity index (χ4v) is 4.83. The SMILES string of the molecule is O=S(=O)([O-])c1ccc(N=Nc2ccc(N=Nc3cc(N=Nc4ccc5c(O)cc(S(=O)(=O)[O-])cc5c4)c(O)cc3O)cc2)cc1.[Na+].[Na+]. The summed E-state index contributed by atoms with van der Waals surface area (Å²) in [5.41, 5.74) is 1.18. The summed E-state index contributed by atoms with van der Waals surface area (Å²) < 4.78 is 67.2. The summed E-state index contributed by atoms with van der Waals surface area (Å²) in [6, 6.07) is 19.7. The van der Waals surface area contributed by atoms with Gasteiger partial charge in [-0.25, -0.2) is 16.8 Å². The van der Waals surface area contributed by atoms with Crippen molar-refractivity contribution in [2.75, 3.05) is 0 Å². The van der Waals surface area contributed by atoms with Gasteiger partial charge in [0.2, 0.25) is 0 Å². The van der Waals surface area contributed by atoms with E-state index in [0.717, 1.165) is 30.3 Å². The van der Waals surface area contributed by atoms with E-state index >= 15 is 0 Å². The Balaban J connectivity index is 0.00000300. The number of nitrogens with zero attached hydrogens (tertiary/aromatic N) is 6. The minimum atomic E-state index is -4.82. The van der Waals surface area contributed by atoms with E-state index in [1.165, 1.54) is 36.4 Å².